The van der Waals surface area contributed by atoms with Gasteiger partial charge in [-0.15, -0.1) is 0 Å². The van der Waals surface area contributed by atoms with E-state index < -0.39 is 6.30 Å². The lowest BCUT2D eigenvalue weighted by Crippen LogP contribution is -2.32. The largest absolute Gasteiger partial charge is 0.357 e. The Morgan fingerprint density at radius 2 is 2.67 bits per heavy atom. The number of hydrogen-bond acceptors (Lipinski definition) is 3. The molecule has 52 valence electrons. The number of nitrogens with two attached hydrogens (primary N) is 1. The van der Waals surface area contributed by atoms with Crippen molar-refractivity contribution in [2.75, 3.05) is 19.6 Å². The molecule has 0 aromatic rings. The number of halogens is 1. The monoisotopic (exact) mass is 131 g/mol. The first-order valence-corrected chi connectivity index (χ1v) is 2.92. The van der Waals surface area contributed by atoms with E-state index >= 15 is 0 Å². The average molecular weight is 131 g/mol. The highest BCUT2D eigenvalue weighted by Gasteiger charge is 2.08. The molecule has 0 spiro atoms. The fourth-order valence-corrected chi connectivity index (χ4v) is 0.780. The van der Waals surface area contributed by atoms with Gasteiger partial charge in [-0.1, -0.05) is 0 Å². The summed E-state index contributed by atoms with van der Waals surface area (Å²) in [4.78, 5) is 5.67. The molecule has 1 rings (SSSR count). The number of hydrogen-bond donors (Lipinski definition) is 1. The second kappa shape index (κ2) is 2.77. The zero-order valence-corrected chi connectivity index (χ0v) is 5.13. The van der Waals surface area contributed by atoms with Gasteiger partial charge in [0, 0.05) is 6.54 Å². The Labute approximate surface area is 53.4 Å². The van der Waals surface area contributed by atoms with E-state index in [1.165, 1.54) is 0 Å². The Balaban J connectivity index is 2.20. The third kappa shape index (κ3) is 1.97. The Kier molecular flexibility index (Phi) is 2.00. The van der Waals surface area contributed by atoms with Gasteiger partial charge in [-0.25, -0.2) is 4.39 Å². The third-order valence-electron chi connectivity index (χ3n) is 1.17. The third-order valence-corrected chi connectivity index (χ3v) is 1.17. The molecule has 1 aliphatic rings. The summed E-state index contributed by atoms with van der Waals surface area (Å²) in [5.41, 5.74) is 4.90. The van der Waals surface area contributed by atoms with Crippen LogP contribution in [0.1, 0.15) is 0 Å². The van der Waals surface area contributed by atoms with Crippen LogP contribution in [0.25, 0.3) is 0 Å². The van der Waals surface area contributed by atoms with Crippen LogP contribution in [0.4, 0.5) is 4.39 Å². The summed E-state index contributed by atoms with van der Waals surface area (Å²) in [5.74, 6) is 0. The molecule has 1 unspecified atom stereocenters. The minimum atomic E-state index is -1.24. The smallest absolute Gasteiger partial charge is 0.166 e. The normalized spacial score (nSPS) is 20.9. The molecular weight excluding hydrogens is 121 g/mol. The fraction of sp³-hybridized carbons (Fsp3) is 0.800. The van der Waals surface area contributed by atoms with Crippen molar-refractivity contribution in [3.63, 3.8) is 0 Å². The van der Waals surface area contributed by atoms with Crippen molar-refractivity contribution in [3.05, 3.63) is 0 Å². The maximum Gasteiger partial charge on any atom is 0.166 e. The maximum atomic E-state index is 12.0. The van der Waals surface area contributed by atoms with Gasteiger partial charge in [-0.2, -0.15) is 0 Å². The number of nitrogens with zero attached hydrogens (tertiary/aromatic N) is 2. The first-order valence-electron chi connectivity index (χ1n) is 2.92. The molecule has 0 amide bonds. The van der Waals surface area contributed by atoms with Gasteiger partial charge in [0.15, 0.2) is 6.30 Å². The van der Waals surface area contributed by atoms with Gasteiger partial charge in [-0.05, 0) is 0 Å². The summed E-state index contributed by atoms with van der Waals surface area (Å²) in [5, 5.41) is 0. The predicted octanol–water partition coefficient (Wildman–Crippen LogP) is -0.415. The number of rotatable bonds is 2. The van der Waals surface area contributed by atoms with Crippen LogP contribution in [-0.2, 0) is 0 Å². The highest BCUT2D eigenvalue weighted by molar-refractivity contribution is 5.56. The Morgan fingerprint density at radius 1 is 1.89 bits per heavy atom. The summed E-state index contributed by atoms with van der Waals surface area (Å²) in [6, 6.07) is 0. The van der Waals surface area contributed by atoms with Gasteiger partial charge in [0.1, 0.15) is 0 Å². The summed E-state index contributed by atoms with van der Waals surface area (Å²) < 4.78 is 12.0. The zero-order valence-electron chi connectivity index (χ0n) is 5.13. The minimum absolute atomic E-state index is 0.267. The fourth-order valence-electron chi connectivity index (χ4n) is 0.780. The molecule has 0 saturated heterocycles. The predicted molar refractivity (Wildman–Crippen MR) is 34.0 cm³/mol. The molecule has 0 aromatic heterocycles. The van der Waals surface area contributed by atoms with Crippen LogP contribution in [0.5, 0.6) is 0 Å². The second-order valence-electron chi connectivity index (χ2n) is 2.03. The van der Waals surface area contributed by atoms with Crippen molar-refractivity contribution in [1.82, 2.24) is 4.90 Å². The van der Waals surface area contributed by atoms with Crippen LogP contribution >= 0.6 is 0 Å². The molecule has 0 radical (unpaired) electrons. The topological polar surface area (TPSA) is 41.6 Å². The molecule has 0 bridgehead atoms. The molecule has 0 aromatic carbocycles. The summed E-state index contributed by atoms with van der Waals surface area (Å²) in [6.07, 6.45) is 0.397. The van der Waals surface area contributed by atoms with E-state index in [-0.39, 0.29) is 6.54 Å². The first kappa shape index (κ1) is 6.48. The lowest BCUT2D eigenvalue weighted by atomic mass is 10.5. The van der Waals surface area contributed by atoms with Crippen LogP contribution < -0.4 is 5.73 Å². The second-order valence-corrected chi connectivity index (χ2v) is 2.03. The molecular formula is C5H10FN3. The van der Waals surface area contributed by atoms with Gasteiger partial charge < -0.3 is 10.6 Å². The molecule has 0 saturated carbocycles. The van der Waals surface area contributed by atoms with E-state index in [0.717, 1.165) is 13.1 Å². The SMILES string of the molecule is NC(F)CN1C=NCC1. The zero-order chi connectivity index (χ0) is 6.69. The number of alkyl halides is 1. The van der Waals surface area contributed by atoms with Crippen LogP contribution in [0.15, 0.2) is 4.99 Å². The molecule has 1 atom stereocenters. The van der Waals surface area contributed by atoms with E-state index in [2.05, 4.69) is 4.99 Å². The first-order chi connectivity index (χ1) is 4.29. The van der Waals surface area contributed by atoms with Crippen molar-refractivity contribution in [1.29, 1.82) is 0 Å². The maximum absolute atomic E-state index is 12.0. The van der Waals surface area contributed by atoms with Gasteiger partial charge >= 0.3 is 0 Å². The number of aliphatic imine (C=N–C) groups is 1. The highest BCUT2D eigenvalue weighted by atomic mass is 19.1. The average Bonchev–Trinajstić information content (AvgIpc) is 2.15. The van der Waals surface area contributed by atoms with Gasteiger partial charge in [0.05, 0.1) is 19.4 Å². The van der Waals surface area contributed by atoms with E-state index in [1.54, 1.807) is 11.2 Å². The molecule has 0 aliphatic carbocycles. The molecule has 9 heavy (non-hydrogen) atoms. The van der Waals surface area contributed by atoms with Crippen molar-refractivity contribution in [2.45, 2.75) is 6.30 Å². The van der Waals surface area contributed by atoms with E-state index in [9.17, 15) is 4.39 Å². The van der Waals surface area contributed by atoms with Crippen molar-refractivity contribution in [3.8, 4) is 0 Å². The van der Waals surface area contributed by atoms with Crippen molar-refractivity contribution < 1.29 is 4.39 Å². The lowest BCUT2D eigenvalue weighted by molar-refractivity contribution is 0.276. The van der Waals surface area contributed by atoms with E-state index in [0.29, 0.717) is 0 Å². The van der Waals surface area contributed by atoms with E-state index in [1.807, 2.05) is 0 Å². The molecule has 0 fully saturated rings. The summed E-state index contributed by atoms with van der Waals surface area (Å²) in [6.45, 7) is 1.84. The van der Waals surface area contributed by atoms with Crippen LogP contribution in [-0.4, -0.2) is 37.2 Å². The highest BCUT2D eigenvalue weighted by Crippen LogP contribution is 1.93. The quantitative estimate of drug-likeness (QED) is 0.517. The molecule has 4 heteroatoms. The van der Waals surface area contributed by atoms with Crippen LogP contribution in [0, 0.1) is 0 Å². The Bertz CT molecular complexity index is 113. The van der Waals surface area contributed by atoms with Crippen LogP contribution in [0.3, 0.4) is 0 Å². The molecule has 1 aliphatic heterocycles. The van der Waals surface area contributed by atoms with E-state index in [4.69, 9.17) is 5.73 Å². The molecule has 3 nitrogen and oxygen atoms in total. The van der Waals surface area contributed by atoms with Gasteiger partial charge in [0.2, 0.25) is 0 Å². The Hall–Kier alpha value is -0.640. The Morgan fingerprint density at radius 3 is 3.11 bits per heavy atom. The van der Waals surface area contributed by atoms with Gasteiger partial charge in [0.25, 0.3) is 0 Å². The van der Waals surface area contributed by atoms with Crippen molar-refractivity contribution >= 4 is 6.34 Å². The standard InChI is InChI=1S/C5H10FN3/c6-5(7)3-9-2-1-8-4-9/h4-5H,1-3,7H2. The van der Waals surface area contributed by atoms with Gasteiger partial charge in [-0.3, -0.25) is 4.99 Å². The lowest BCUT2D eigenvalue weighted by Gasteiger charge is -2.13. The molecule has 1 heterocycles. The summed E-state index contributed by atoms with van der Waals surface area (Å²) in [7, 11) is 0. The summed E-state index contributed by atoms with van der Waals surface area (Å²) >= 11 is 0. The van der Waals surface area contributed by atoms with Crippen molar-refractivity contribution in [2.24, 2.45) is 10.7 Å². The van der Waals surface area contributed by atoms with Crippen LogP contribution in [0.2, 0.25) is 0 Å². The molecule has 2 N–H and O–H groups in total. The minimum Gasteiger partial charge on any atom is -0.357 e.